The van der Waals surface area contributed by atoms with Crippen molar-refractivity contribution in [2.75, 3.05) is 0 Å². The monoisotopic (exact) mass is 211 g/mol. The predicted octanol–water partition coefficient (Wildman–Crippen LogP) is 3.45. The zero-order valence-corrected chi connectivity index (χ0v) is 9.07. The molecule has 2 nitrogen and oxygen atoms in total. The fourth-order valence-electron chi connectivity index (χ4n) is 1.65. The van der Waals surface area contributed by atoms with Crippen molar-refractivity contribution in [3.8, 4) is 16.9 Å². The summed E-state index contributed by atoms with van der Waals surface area (Å²) in [6.07, 6.45) is 0. The summed E-state index contributed by atoms with van der Waals surface area (Å²) in [7, 11) is 0. The normalized spacial score (nSPS) is 10.1. The van der Waals surface area contributed by atoms with Crippen molar-refractivity contribution in [1.29, 1.82) is 5.41 Å². The number of hydrogen-bond donors (Lipinski definition) is 2. The van der Waals surface area contributed by atoms with E-state index in [9.17, 15) is 5.11 Å². The van der Waals surface area contributed by atoms with Crippen molar-refractivity contribution in [2.45, 2.75) is 6.92 Å². The Kier molecular flexibility index (Phi) is 2.73. The van der Waals surface area contributed by atoms with E-state index < -0.39 is 0 Å². The Balaban J connectivity index is 2.52. The van der Waals surface area contributed by atoms with E-state index in [-0.39, 0.29) is 5.75 Å². The molecule has 0 aliphatic rings. The van der Waals surface area contributed by atoms with Crippen LogP contribution < -0.4 is 0 Å². The maximum Gasteiger partial charge on any atom is 0.124 e. The standard InChI is InChI=1S/C14H13NO/c1-10(15)13-9-12(7-8-14(13)16)11-5-3-2-4-6-11/h2-9,15-16H,1H3. The zero-order valence-electron chi connectivity index (χ0n) is 9.07. The van der Waals surface area contributed by atoms with E-state index in [1.165, 1.54) is 0 Å². The van der Waals surface area contributed by atoms with Gasteiger partial charge in [0.2, 0.25) is 0 Å². The average molecular weight is 211 g/mol. The van der Waals surface area contributed by atoms with Gasteiger partial charge in [0, 0.05) is 11.3 Å². The Bertz CT molecular complexity index is 518. The highest BCUT2D eigenvalue weighted by Gasteiger charge is 2.05. The van der Waals surface area contributed by atoms with Gasteiger partial charge in [-0.05, 0) is 30.2 Å². The topological polar surface area (TPSA) is 44.1 Å². The SMILES string of the molecule is CC(=N)c1cc(-c2ccccc2)ccc1O. The largest absolute Gasteiger partial charge is 0.507 e. The fraction of sp³-hybridized carbons (Fsp3) is 0.0714. The summed E-state index contributed by atoms with van der Waals surface area (Å²) in [4.78, 5) is 0. The minimum Gasteiger partial charge on any atom is -0.507 e. The van der Waals surface area contributed by atoms with Crippen LogP contribution in [-0.2, 0) is 0 Å². The Hall–Kier alpha value is -2.09. The molecule has 0 aliphatic carbocycles. The molecule has 80 valence electrons. The molecule has 0 radical (unpaired) electrons. The second-order valence-electron chi connectivity index (χ2n) is 3.72. The van der Waals surface area contributed by atoms with Crippen LogP contribution in [0.5, 0.6) is 5.75 Å². The summed E-state index contributed by atoms with van der Waals surface area (Å²) in [6.45, 7) is 1.67. The summed E-state index contributed by atoms with van der Waals surface area (Å²) >= 11 is 0. The molecule has 0 unspecified atom stereocenters. The van der Waals surface area contributed by atoms with Crippen LogP contribution in [0, 0.1) is 5.41 Å². The molecule has 0 bridgehead atoms. The first-order chi connectivity index (χ1) is 7.68. The quantitative estimate of drug-likeness (QED) is 0.734. The van der Waals surface area contributed by atoms with E-state index in [1.54, 1.807) is 13.0 Å². The van der Waals surface area contributed by atoms with E-state index in [0.717, 1.165) is 11.1 Å². The molecular formula is C14H13NO. The summed E-state index contributed by atoms with van der Waals surface area (Å²) in [6, 6.07) is 15.3. The molecule has 2 rings (SSSR count). The first kappa shape index (κ1) is 10.4. The van der Waals surface area contributed by atoms with Crippen molar-refractivity contribution in [3.63, 3.8) is 0 Å². The van der Waals surface area contributed by atoms with Crippen LogP contribution in [-0.4, -0.2) is 10.8 Å². The van der Waals surface area contributed by atoms with Gasteiger partial charge in [-0.15, -0.1) is 0 Å². The fourth-order valence-corrected chi connectivity index (χ4v) is 1.65. The van der Waals surface area contributed by atoms with E-state index >= 15 is 0 Å². The number of phenols is 1. The molecular weight excluding hydrogens is 198 g/mol. The third-order valence-corrected chi connectivity index (χ3v) is 2.51. The number of phenolic OH excluding ortho intramolecular Hbond substituents is 1. The Labute approximate surface area is 94.7 Å². The molecule has 2 aromatic carbocycles. The molecule has 2 N–H and O–H groups in total. The number of aromatic hydroxyl groups is 1. The Morgan fingerprint density at radius 1 is 1.00 bits per heavy atom. The lowest BCUT2D eigenvalue weighted by Crippen LogP contribution is -1.93. The molecule has 0 heterocycles. The second-order valence-corrected chi connectivity index (χ2v) is 3.72. The molecule has 2 heteroatoms. The number of nitrogens with one attached hydrogen (secondary N) is 1. The highest BCUT2D eigenvalue weighted by Crippen LogP contribution is 2.25. The first-order valence-electron chi connectivity index (χ1n) is 5.12. The number of benzene rings is 2. The van der Waals surface area contributed by atoms with Crippen LogP contribution in [0.2, 0.25) is 0 Å². The zero-order chi connectivity index (χ0) is 11.5. The van der Waals surface area contributed by atoms with Gasteiger partial charge in [0.25, 0.3) is 0 Å². The van der Waals surface area contributed by atoms with Gasteiger partial charge >= 0.3 is 0 Å². The third kappa shape index (κ3) is 1.96. The van der Waals surface area contributed by atoms with Gasteiger partial charge in [-0.25, -0.2) is 0 Å². The Morgan fingerprint density at radius 3 is 2.31 bits per heavy atom. The minimum atomic E-state index is 0.159. The molecule has 0 saturated carbocycles. The summed E-state index contributed by atoms with van der Waals surface area (Å²) in [5.74, 6) is 0.159. The van der Waals surface area contributed by atoms with E-state index in [1.807, 2.05) is 42.5 Å². The van der Waals surface area contributed by atoms with Crippen LogP contribution in [0.3, 0.4) is 0 Å². The van der Waals surface area contributed by atoms with Gasteiger partial charge in [0.15, 0.2) is 0 Å². The molecule has 0 atom stereocenters. The number of rotatable bonds is 2. The van der Waals surface area contributed by atoms with Crippen LogP contribution >= 0.6 is 0 Å². The second kappa shape index (κ2) is 4.19. The highest BCUT2D eigenvalue weighted by molar-refractivity contribution is 5.99. The molecule has 16 heavy (non-hydrogen) atoms. The third-order valence-electron chi connectivity index (χ3n) is 2.51. The lowest BCUT2D eigenvalue weighted by Gasteiger charge is -2.06. The average Bonchev–Trinajstić information content (AvgIpc) is 2.30. The van der Waals surface area contributed by atoms with E-state index in [2.05, 4.69) is 0 Å². The van der Waals surface area contributed by atoms with Gasteiger partial charge in [-0.3, -0.25) is 0 Å². The molecule has 0 spiro atoms. The molecule has 0 fully saturated rings. The molecule has 0 amide bonds. The number of hydrogen-bond acceptors (Lipinski definition) is 2. The van der Waals surface area contributed by atoms with Crippen molar-refractivity contribution in [2.24, 2.45) is 0 Å². The summed E-state index contributed by atoms with van der Waals surface area (Å²) < 4.78 is 0. The molecule has 2 aromatic rings. The smallest absolute Gasteiger partial charge is 0.124 e. The van der Waals surface area contributed by atoms with Crippen molar-refractivity contribution < 1.29 is 5.11 Å². The lowest BCUT2D eigenvalue weighted by molar-refractivity contribution is 0.474. The van der Waals surface area contributed by atoms with Crippen molar-refractivity contribution in [1.82, 2.24) is 0 Å². The van der Waals surface area contributed by atoms with Crippen LogP contribution in [0.15, 0.2) is 48.5 Å². The molecule has 0 aliphatic heterocycles. The van der Waals surface area contributed by atoms with Gasteiger partial charge < -0.3 is 10.5 Å². The maximum absolute atomic E-state index is 9.61. The van der Waals surface area contributed by atoms with Gasteiger partial charge in [0.05, 0.1) is 0 Å². The van der Waals surface area contributed by atoms with Crippen LogP contribution in [0.4, 0.5) is 0 Å². The van der Waals surface area contributed by atoms with Crippen molar-refractivity contribution >= 4 is 5.71 Å². The highest BCUT2D eigenvalue weighted by atomic mass is 16.3. The van der Waals surface area contributed by atoms with Gasteiger partial charge in [-0.2, -0.15) is 0 Å². The Morgan fingerprint density at radius 2 is 1.69 bits per heavy atom. The van der Waals surface area contributed by atoms with E-state index in [4.69, 9.17) is 5.41 Å². The van der Waals surface area contributed by atoms with Crippen LogP contribution in [0.1, 0.15) is 12.5 Å². The predicted molar refractivity (Wildman–Crippen MR) is 66.0 cm³/mol. The maximum atomic E-state index is 9.61. The lowest BCUT2D eigenvalue weighted by atomic mass is 10.0. The summed E-state index contributed by atoms with van der Waals surface area (Å²) in [5, 5.41) is 17.2. The molecule has 0 aromatic heterocycles. The van der Waals surface area contributed by atoms with Crippen LogP contribution in [0.25, 0.3) is 11.1 Å². The molecule has 0 saturated heterocycles. The van der Waals surface area contributed by atoms with Gasteiger partial charge in [0.1, 0.15) is 5.75 Å². The van der Waals surface area contributed by atoms with E-state index in [0.29, 0.717) is 11.3 Å². The first-order valence-corrected chi connectivity index (χ1v) is 5.12. The summed E-state index contributed by atoms with van der Waals surface area (Å²) in [5.41, 5.74) is 3.06. The van der Waals surface area contributed by atoms with Gasteiger partial charge in [-0.1, -0.05) is 36.4 Å². The minimum absolute atomic E-state index is 0.159. The van der Waals surface area contributed by atoms with Crippen molar-refractivity contribution in [3.05, 3.63) is 54.1 Å².